The van der Waals surface area contributed by atoms with Crippen LogP contribution in [0.2, 0.25) is 0 Å². The van der Waals surface area contributed by atoms with Crippen LogP contribution in [-0.4, -0.2) is 6.54 Å². The summed E-state index contributed by atoms with van der Waals surface area (Å²) < 4.78 is 0. The van der Waals surface area contributed by atoms with Gasteiger partial charge in [-0.05, 0) is 29.9 Å². The number of benzene rings is 1. The third-order valence-corrected chi connectivity index (χ3v) is 2.78. The lowest BCUT2D eigenvalue weighted by atomic mass is 9.81. The average molecular weight is 191 g/mol. The van der Waals surface area contributed by atoms with Crippen molar-refractivity contribution in [1.82, 2.24) is 0 Å². The fraction of sp³-hybridized carbons (Fsp3) is 0.538. The van der Waals surface area contributed by atoms with Gasteiger partial charge in [-0.25, -0.2) is 0 Å². The van der Waals surface area contributed by atoms with Crippen LogP contribution in [-0.2, 0) is 0 Å². The van der Waals surface area contributed by atoms with E-state index in [1.807, 2.05) is 0 Å². The Hall–Kier alpha value is -0.820. The van der Waals surface area contributed by atoms with Gasteiger partial charge in [0.25, 0.3) is 0 Å². The Balaban J connectivity index is 2.64. The van der Waals surface area contributed by atoms with Gasteiger partial charge in [0.05, 0.1) is 0 Å². The van der Waals surface area contributed by atoms with Crippen LogP contribution in [0.15, 0.2) is 30.3 Å². The molecule has 0 aliphatic carbocycles. The van der Waals surface area contributed by atoms with Crippen molar-refractivity contribution in [2.24, 2.45) is 11.1 Å². The highest BCUT2D eigenvalue weighted by molar-refractivity contribution is 5.18. The molecule has 1 atom stereocenters. The highest BCUT2D eigenvalue weighted by Crippen LogP contribution is 2.30. The van der Waals surface area contributed by atoms with Crippen LogP contribution in [0.5, 0.6) is 0 Å². The van der Waals surface area contributed by atoms with Crippen molar-refractivity contribution >= 4 is 0 Å². The standard InChI is InChI=1S/C13H21N/c1-11(9-13(2,3)10-14)12-7-5-4-6-8-12/h4-8,11H,9-10,14H2,1-3H3. The first-order chi connectivity index (χ1) is 6.55. The molecule has 1 rings (SSSR count). The van der Waals surface area contributed by atoms with Crippen LogP contribution in [0.1, 0.15) is 38.7 Å². The smallest absolute Gasteiger partial charge is 0.00256 e. The molecule has 1 aromatic rings. The zero-order chi connectivity index (χ0) is 10.6. The molecule has 0 saturated carbocycles. The normalized spacial score (nSPS) is 14.0. The zero-order valence-corrected chi connectivity index (χ0v) is 9.46. The summed E-state index contributed by atoms with van der Waals surface area (Å²) in [5.41, 5.74) is 7.39. The van der Waals surface area contributed by atoms with E-state index >= 15 is 0 Å². The second-order valence-corrected chi connectivity index (χ2v) is 4.88. The topological polar surface area (TPSA) is 26.0 Å². The quantitative estimate of drug-likeness (QED) is 0.777. The van der Waals surface area contributed by atoms with Crippen molar-refractivity contribution in [3.63, 3.8) is 0 Å². The molecule has 0 aliphatic heterocycles. The van der Waals surface area contributed by atoms with Gasteiger partial charge in [-0.15, -0.1) is 0 Å². The van der Waals surface area contributed by atoms with E-state index in [1.165, 1.54) is 5.56 Å². The van der Waals surface area contributed by atoms with Crippen molar-refractivity contribution < 1.29 is 0 Å². The lowest BCUT2D eigenvalue weighted by Gasteiger charge is -2.26. The summed E-state index contributed by atoms with van der Waals surface area (Å²) in [6.45, 7) is 7.48. The summed E-state index contributed by atoms with van der Waals surface area (Å²) in [5.74, 6) is 0.592. The monoisotopic (exact) mass is 191 g/mol. The van der Waals surface area contributed by atoms with Gasteiger partial charge in [-0.2, -0.15) is 0 Å². The molecule has 0 bridgehead atoms. The van der Waals surface area contributed by atoms with Gasteiger partial charge < -0.3 is 5.73 Å². The van der Waals surface area contributed by atoms with Gasteiger partial charge in [0.1, 0.15) is 0 Å². The summed E-state index contributed by atoms with van der Waals surface area (Å²) in [4.78, 5) is 0. The van der Waals surface area contributed by atoms with Gasteiger partial charge in [0.2, 0.25) is 0 Å². The minimum atomic E-state index is 0.245. The highest BCUT2D eigenvalue weighted by Gasteiger charge is 2.19. The molecule has 0 radical (unpaired) electrons. The molecule has 0 aliphatic rings. The maximum Gasteiger partial charge on any atom is -0.00256 e. The molecule has 1 heteroatoms. The Bertz CT molecular complexity index is 264. The second-order valence-electron chi connectivity index (χ2n) is 4.88. The molecule has 0 amide bonds. The SMILES string of the molecule is CC(CC(C)(C)CN)c1ccccc1. The molecule has 0 spiro atoms. The number of nitrogens with two attached hydrogens (primary N) is 1. The molecule has 0 saturated heterocycles. The summed E-state index contributed by atoms with van der Waals surface area (Å²) in [5, 5.41) is 0. The fourth-order valence-corrected chi connectivity index (χ4v) is 1.81. The number of hydrogen-bond donors (Lipinski definition) is 1. The molecule has 78 valence electrons. The summed E-state index contributed by atoms with van der Waals surface area (Å²) in [6, 6.07) is 10.6. The Morgan fingerprint density at radius 3 is 2.29 bits per heavy atom. The Labute approximate surface area is 87.3 Å². The third kappa shape index (κ3) is 3.15. The first-order valence-corrected chi connectivity index (χ1v) is 5.30. The second kappa shape index (κ2) is 4.61. The fourth-order valence-electron chi connectivity index (χ4n) is 1.81. The van der Waals surface area contributed by atoms with Crippen molar-refractivity contribution in [3.05, 3.63) is 35.9 Å². The maximum absolute atomic E-state index is 5.73. The van der Waals surface area contributed by atoms with Crippen LogP contribution >= 0.6 is 0 Å². The molecule has 14 heavy (non-hydrogen) atoms. The summed E-state index contributed by atoms with van der Waals surface area (Å²) in [7, 11) is 0. The Morgan fingerprint density at radius 1 is 1.21 bits per heavy atom. The van der Waals surface area contributed by atoms with Crippen molar-refractivity contribution in [2.45, 2.75) is 33.1 Å². The predicted octanol–water partition coefficient (Wildman–Crippen LogP) is 3.17. The van der Waals surface area contributed by atoms with E-state index in [0.717, 1.165) is 13.0 Å². The van der Waals surface area contributed by atoms with Crippen LogP contribution < -0.4 is 5.73 Å². The molecule has 1 aromatic carbocycles. The minimum absolute atomic E-state index is 0.245. The molecular weight excluding hydrogens is 170 g/mol. The maximum atomic E-state index is 5.73. The first-order valence-electron chi connectivity index (χ1n) is 5.30. The molecule has 2 N–H and O–H groups in total. The third-order valence-electron chi connectivity index (χ3n) is 2.78. The van der Waals surface area contributed by atoms with E-state index in [1.54, 1.807) is 0 Å². The summed E-state index contributed by atoms with van der Waals surface area (Å²) in [6.07, 6.45) is 1.15. The van der Waals surface area contributed by atoms with Crippen LogP contribution in [0.3, 0.4) is 0 Å². The van der Waals surface area contributed by atoms with Crippen LogP contribution in [0, 0.1) is 5.41 Å². The summed E-state index contributed by atoms with van der Waals surface area (Å²) >= 11 is 0. The van der Waals surface area contributed by atoms with E-state index in [9.17, 15) is 0 Å². The van der Waals surface area contributed by atoms with Crippen LogP contribution in [0.4, 0.5) is 0 Å². The molecule has 0 fully saturated rings. The van der Waals surface area contributed by atoms with Gasteiger partial charge in [0.15, 0.2) is 0 Å². The molecule has 0 aromatic heterocycles. The van der Waals surface area contributed by atoms with Gasteiger partial charge in [-0.3, -0.25) is 0 Å². The molecular formula is C13H21N. The predicted molar refractivity (Wildman–Crippen MR) is 62.3 cm³/mol. The van der Waals surface area contributed by atoms with Gasteiger partial charge >= 0.3 is 0 Å². The number of rotatable bonds is 4. The largest absolute Gasteiger partial charge is 0.330 e. The lowest BCUT2D eigenvalue weighted by molar-refractivity contribution is 0.322. The first kappa shape index (κ1) is 11.3. The minimum Gasteiger partial charge on any atom is -0.330 e. The highest BCUT2D eigenvalue weighted by atomic mass is 14.6. The van der Waals surface area contributed by atoms with Crippen LogP contribution in [0.25, 0.3) is 0 Å². The molecule has 1 nitrogen and oxygen atoms in total. The van der Waals surface area contributed by atoms with Crippen molar-refractivity contribution in [3.8, 4) is 0 Å². The van der Waals surface area contributed by atoms with E-state index in [4.69, 9.17) is 5.73 Å². The Morgan fingerprint density at radius 2 is 1.79 bits per heavy atom. The van der Waals surface area contributed by atoms with E-state index in [2.05, 4.69) is 51.1 Å². The lowest BCUT2D eigenvalue weighted by Crippen LogP contribution is -2.25. The molecule has 0 heterocycles. The van der Waals surface area contributed by atoms with Gasteiger partial charge in [-0.1, -0.05) is 51.1 Å². The molecule has 1 unspecified atom stereocenters. The van der Waals surface area contributed by atoms with Crippen molar-refractivity contribution in [1.29, 1.82) is 0 Å². The van der Waals surface area contributed by atoms with Crippen molar-refractivity contribution in [2.75, 3.05) is 6.54 Å². The van der Waals surface area contributed by atoms with Gasteiger partial charge in [0, 0.05) is 0 Å². The Kier molecular flexibility index (Phi) is 3.70. The van der Waals surface area contributed by atoms with E-state index < -0.39 is 0 Å². The number of hydrogen-bond acceptors (Lipinski definition) is 1. The van der Waals surface area contributed by atoms with E-state index in [-0.39, 0.29) is 5.41 Å². The van der Waals surface area contributed by atoms with E-state index in [0.29, 0.717) is 5.92 Å². The average Bonchev–Trinajstić information content (AvgIpc) is 2.19. The zero-order valence-electron chi connectivity index (χ0n) is 9.46.